The van der Waals surface area contributed by atoms with Crippen molar-refractivity contribution in [3.63, 3.8) is 0 Å². The van der Waals surface area contributed by atoms with Gasteiger partial charge in [0, 0.05) is 73.7 Å². The summed E-state index contributed by atoms with van der Waals surface area (Å²) in [6.07, 6.45) is 7.97. The maximum absolute atomic E-state index is 14.5. The second-order valence-corrected chi connectivity index (χ2v) is 17.8. The normalized spacial score (nSPS) is 21.8. The predicted octanol–water partition coefficient (Wildman–Crippen LogP) is -0.753. The minimum atomic E-state index is -1.40. The Bertz CT molecular complexity index is 2470. The van der Waals surface area contributed by atoms with Crippen molar-refractivity contribution in [2.75, 3.05) is 13.1 Å². The van der Waals surface area contributed by atoms with Crippen molar-refractivity contribution >= 4 is 64.1 Å². The molecule has 6 atom stereocenters. The first-order valence-corrected chi connectivity index (χ1v) is 23.7. The number of H-pyrrole nitrogens is 2. The van der Waals surface area contributed by atoms with Crippen LogP contribution in [0.1, 0.15) is 81.0 Å². The Morgan fingerprint density at radius 3 is 2.14 bits per heavy atom. The molecule has 0 bridgehead atoms. The maximum Gasteiger partial charge on any atom is 0.243 e. The molecule has 8 amide bonds. The summed E-state index contributed by atoms with van der Waals surface area (Å²) in [4.78, 5) is 126. The molecule has 22 nitrogen and oxygen atoms in total. The summed E-state index contributed by atoms with van der Waals surface area (Å²) >= 11 is 0. The van der Waals surface area contributed by atoms with E-state index in [1.165, 1.54) is 12.5 Å². The minimum Gasteiger partial charge on any atom is -0.370 e. The smallest absolute Gasteiger partial charge is 0.243 e. The van der Waals surface area contributed by atoms with Crippen LogP contribution in [0.25, 0.3) is 10.9 Å². The van der Waals surface area contributed by atoms with E-state index >= 15 is 0 Å². The molecule has 4 aromatic rings. The van der Waals surface area contributed by atoms with Gasteiger partial charge in [0.1, 0.15) is 36.3 Å². The highest BCUT2D eigenvalue weighted by atomic mass is 16.2. The number of nitrogens with two attached hydrogens (primary N) is 3. The summed E-state index contributed by atoms with van der Waals surface area (Å²) < 4.78 is 0. The molecule has 0 spiro atoms. The van der Waals surface area contributed by atoms with Gasteiger partial charge in [-0.3, -0.25) is 43.3 Å². The van der Waals surface area contributed by atoms with E-state index in [9.17, 15) is 38.4 Å². The number of para-hydroxylation sites is 1. The van der Waals surface area contributed by atoms with Gasteiger partial charge in [0.2, 0.25) is 47.3 Å². The Labute approximate surface area is 404 Å². The fourth-order valence-electron chi connectivity index (χ4n) is 8.67. The third-order valence-corrected chi connectivity index (χ3v) is 12.5. The number of guanidine groups is 1. The third-order valence-electron chi connectivity index (χ3n) is 12.5. The number of aromatic nitrogens is 3. The number of primary amides is 1. The van der Waals surface area contributed by atoms with Gasteiger partial charge >= 0.3 is 0 Å². The van der Waals surface area contributed by atoms with Crippen LogP contribution in [0, 0.1) is 5.92 Å². The van der Waals surface area contributed by atoms with Crippen LogP contribution in [0.4, 0.5) is 0 Å². The van der Waals surface area contributed by atoms with Crippen LogP contribution in [0.2, 0.25) is 0 Å². The monoisotopic (exact) mass is 965 g/mol. The number of amides is 8. The number of hydrogen-bond donors (Lipinski definition) is 12. The van der Waals surface area contributed by atoms with Crippen LogP contribution in [0.5, 0.6) is 0 Å². The van der Waals surface area contributed by atoms with Crippen LogP contribution in [0.15, 0.2) is 78.3 Å². The lowest BCUT2D eigenvalue weighted by Crippen LogP contribution is -2.60. The molecule has 6 rings (SSSR count). The summed E-state index contributed by atoms with van der Waals surface area (Å²) in [6, 6.07) is 8.36. The molecule has 1 aliphatic heterocycles. The number of imidazole rings is 1. The highest BCUT2D eigenvalue weighted by Crippen LogP contribution is 2.24. The van der Waals surface area contributed by atoms with Crippen molar-refractivity contribution in [1.82, 2.24) is 52.2 Å². The molecule has 1 aliphatic carbocycles. The highest BCUT2D eigenvalue weighted by Gasteiger charge is 2.35. The molecule has 1 saturated heterocycles. The van der Waals surface area contributed by atoms with Gasteiger partial charge in [0.05, 0.1) is 6.33 Å². The van der Waals surface area contributed by atoms with Crippen molar-refractivity contribution in [3.8, 4) is 0 Å². The number of benzene rings is 2. The van der Waals surface area contributed by atoms with Crippen LogP contribution in [-0.4, -0.2) is 118 Å². The number of hydrogen-bond acceptors (Lipinski definition) is 10. The molecule has 0 radical (unpaired) electrons. The van der Waals surface area contributed by atoms with E-state index in [4.69, 9.17) is 17.2 Å². The van der Waals surface area contributed by atoms with Crippen molar-refractivity contribution in [1.29, 1.82) is 0 Å². The Hall–Kier alpha value is -7.78. The largest absolute Gasteiger partial charge is 0.370 e. The van der Waals surface area contributed by atoms with Gasteiger partial charge < -0.3 is 64.4 Å². The zero-order chi connectivity index (χ0) is 50.0. The lowest BCUT2D eigenvalue weighted by Gasteiger charge is -2.28. The summed E-state index contributed by atoms with van der Waals surface area (Å²) in [5, 5.41) is 20.1. The molecule has 22 heteroatoms. The summed E-state index contributed by atoms with van der Waals surface area (Å²) in [7, 11) is 0. The van der Waals surface area contributed by atoms with Crippen molar-refractivity contribution < 1.29 is 38.4 Å². The van der Waals surface area contributed by atoms with E-state index in [2.05, 4.69) is 57.2 Å². The first kappa shape index (κ1) is 51.6. The molecule has 15 N–H and O–H groups in total. The average Bonchev–Trinajstić information content (AvgIpc) is 4.02. The van der Waals surface area contributed by atoms with Crippen LogP contribution in [0.3, 0.4) is 0 Å². The highest BCUT2D eigenvalue weighted by molar-refractivity contribution is 5.97. The molecule has 3 heterocycles. The number of rotatable bonds is 15. The van der Waals surface area contributed by atoms with Gasteiger partial charge in [0.25, 0.3) is 0 Å². The summed E-state index contributed by atoms with van der Waals surface area (Å²) in [5.41, 5.74) is 19.6. The number of carbonyl (C=O) groups excluding carboxylic acids is 8. The second kappa shape index (κ2) is 25.5. The fraction of sp³-hybridized carbons (Fsp3) is 0.458. The number of aliphatic imine (C=N–C) groups is 1. The number of nitrogens with one attached hydrogen (secondary N) is 9. The SMILES string of the molecule is NC(=O)C(Cc1c[nH]c2ccccc12)NC(=O)C1CCNC(=O)CCC(NC(=O)C2CCCCC2)C(=O)NC(Cc2cnc[nH]2)C(=O)NC(Cc2ccccc2)C(=O)NC(CCCN=C(N)N)C(=O)N1. The Morgan fingerprint density at radius 1 is 0.743 bits per heavy atom. The number of nitrogens with zero attached hydrogens (tertiary/aromatic N) is 2. The van der Waals surface area contributed by atoms with Gasteiger partial charge in [0.15, 0.2) is 5.96 Å². The number of fused-ring (bicyclic) bond motifs is 1. The first-order valence-electron chi connectivity index (χ1n) is 23.7. The van der Waals surface area contributed by atoms with Gasteiger partial charge in [-0.25, -0.2) is 4.98 Å². The molecule has 2 aliphatic rings. The van der Waals surface area contributed by atoms with E-state index in [1.807, 2.05) is 24.3 Å². The molecule has 1 saturated carbocycles. The molecular formula is C48H64N14O8. The number of carbonyl (C=O) groups is 8. The lowest BCUT2D eigenvalue weighted by molar-refractivity contribution is -0.136. The topological polar surface area (TPSA) is 356 Å². The van der Waals surface area contributed by atoms with Crippen molar-refractivity contribution in [2.24, 2.45) is 28.1 Å². The maximum atomic E-state index is 14.5. The van der Waals surface area contributed by atoms with E-state index in [-0.39, 0.29) is 82.2 Å². The standard InChI is InChI=1S/C48H64N14O8/c49-41(64)37(23-30-25-55-33-15-8-7-14-32(30)33)60-45(68)36-19-21-53-40(63)18-17-35(57-42(65)29-12-5-2-6-13-29)44(67)62-39(24-31-26-52-27-56-31)47(70)61-38(22-28-10-3-1-4-11-28)46(69)58-34(43(66)59-36)16-9-20-54-48(50)51/h1,3-4,7-8,10-11,14-15,25-27,29,34-39,55H,2,5-6,9,12-13,16-24H2,(H2,49,64)(H,52,56)(H,53,63)(H,57,65)(H,58,69)(H,59,66)(H,60,68)(H,61,70)(H,62,67)(H4,50,51,54). The first-order chi connectivity index (χ1) is 33.7. The van der Waals surface area contributed by atoms with E-state index in [0.717, 1.165) is 30.2 Å². The van der Waals surface area contributed by atoms with Crippen LogP contribution < -0.4 is 54.4 Å². The summed E-state index contributed by atoms with van der Waals surface area (Å²) in [5.74, 6) is -6.14. The van der Waals surface area contributed by atoms with Gasteiger partial charge in [-0.2, -0.15) is 0 Å². The van der Waals surface area contributed by atoms with Crippen molar-refractivity contribution in [3.05, 3.63) is 90.1 Å². The van der Waals surface area contributed by atoms with E-state index in [0.29, 0.717) is 29.7 Å². The lowest BCUT2D eigenvalue weighted by atomic mass is 9.88. The second-order valence-electron chi connectivity index (χ2n) is 17.8. The minimum absolute atomic E-state index is 0.00919. The van der Waals surface area contributed by atoms with Gasteiger partial charge in [-0.05, 0) is 55.7 Å². The summed E-state index contributed by atoms with van der Waals surface area (Å²) in [6.45, 7) is -0.0924. The Balaban J connectivity index is 1.32. The molecular weight excluding hydrogens is 901 g/mol. The van der Waals surface area contributed by atoms with Crippen LogP contribution in [-0.2, 0) is 57.6 Å². The molecule has 2 aromatic heterocycles. The average molecular weight is 965 g/mol. The van der Waals surface area contributed by atoms with E-state index in [1.54, 1.807) is 36.5 Å². The molecule has 2 aromatic carbocycles. The zero-order valence-electron chi connectivity index (χ0n) is 39.0. The quantitative estimate of drug-likeness (QED) is 0.0400. The zero-order valence-corrected chi connectivity index (χ0v) is 39.0. The van der Waals surface area contributed by atoms with Crippen LogP contribution >= 0.6 is 0 Å². The molecule has 6 unspecified atom stereocenters. The van der Waals surface area contributed by atoms with Gasteiger partial charge in [-0.1, -0.05) is 67.8 Å². The Kier molecular flexibility index (Phi) is 18.8. The predicted molar refractivity (Wildman–Crippen MR) is 259 cm³/mol. The van der Waals surface area contributed by atoms with E-state index < -0.39 is 77.6 Å². The molecule has 70 heavy (non-hydrogen) atoms. The molecule has 374 valence electrons. The number of aromatic amines is 2. The Morgan fingerprint density at radius 2 is 1.43 bits per heavy atom. The fourth-order valence-corrected chi connectivity index (χ4v) is 8.67. The van der Waals surface area contributed by atoms with Crippen molar-refractivity contribution in [2.45, 2.75) is 120 Å². The molecule has 2 fully saturated rings. The third kappa shape index (κ3) is 15.4. The van der Waals surface area contributed by atoms with Gasteiger partial charge in [-0.15, -0.1) is 0 Å².